The zero-order valence-electron chi connectivity index (χ0n) is 17.6. The number of carboxylic acid groups (broad SMARTS) is 1. The Labute approximate surface area is 186 Å². The van der Waals surface area contributed by atoms with Gasteiger partial charge in [-0.15, -0.1) is 11.3 Å². The minimum absolute atomic E-state index is 0.327. The molecule has 0 spiro atoms. The summed E-state index contributed by atoms with van der Waals surface area (Å²) >= 11 is 1.66. The van der Waals surface area contributed by atoms with Crippen LogP contribution in [-0.4, -0.2) is 35.8 Å². The first-order valence-electron chi connectivity index (χ1n) is 10.5. The van der Waals surface area contributed by atoms with Crippen LogP contribution in [0.5, 0.6) is 0 Å². The summed E-state index contributed by atoms with van der Waals surface area (Å²) in [6, 6.07) is 14.9. The number of nitrogens with two attached hydrogens (primary N) is 1. The Morgan fingerprint density at radius 1 is 1.29 bits per heavy atom. The summed E-state index contributed by atoms with van der Waals surface area (Å²) in [4.78, 5) is 19.4. The molecule has 1 aromatic heterocycles. The van der Waals surface area contributed by atoms with Gasteiger partial charge >= 0.3 is 5.97 Å². The fourth-order valence-corrected chi connectivity index (χ4v) is 4.91. The molecule has 6 nitrogen and oxygen atoms in total. The lowest BCUT2D eigenvalue weighted by molar-refractivity contribution is 0.0696. The third kappa shape index (κ3) is 5.24. The molecule has 1 saturated heterocycles. The van der Waals surface area contributed by atoms with Gasteiger partial charge in [-0.25, -0.2) is 9.78 Å². The van der Waals surface area contributed by atoms with E-state index in [0.717, 1.165) is 58.4 Å². The van der Waals surface area contributed by atoms with Crippen molar-refractivity contribution in [1.29, 1.82) is 0 Å². The minimum Gasteiger partial charge on any atom is -0.478 e. The van der Waals surface area contributed by atoms with Crippen LogP contribution in [0, 0.1) is 12.8 Å². The Kier molecular flexibility index (Phi) is 6.53. The van der Waals surface area contributed by atoms with Gasteiger partial charge < -0.3 is 20.5 Å². The molecule has 1 fully saturated rings. The summed E-state index contributed by atoms with van der Waals surface area (Å²) in [5.74, 6) is -0.468. The predicted molar refractivity (Wildman–Crippen MR) is 125 cm³/mol. The minimum atomic E-state index is -0.892. The first-order valence-corrected chi connectivity index (χ1v) is 11.3. The van der Waals surface area contributed by atoms with Gasteiger partial charge in [-0.3, -0.25) is 0 Å². The maximum absolute atomic E-state index is 11.3. The van der Waals surface area contributed by atoms with Gasteiger partial charge in [0.1, 0.15) is 5.01 Å². The van der Waals surface area contributed by atoms with E-state index < -0.39 is 5.97 Å². The lowest BCUT2D eigenvalue weighted by atomic mass is 9.98. The van der Waals surface area contributed by atoms with Gasteiger partial charge in [0.25, 0.3) is 0 Å². The lowest BCUT2D eigenvalue weighted by Gasteiger charge is -2.34. The molecule has 0 radical (unpaired) electrons. The van der Waals surface area contributed by atoms with Crippen LogP contribution in [0.4, 0.5) is 11.4 Å². The molecule has 3 N–H and O–H groups in total. The number of aromatic nitrogens is 1. The summed E-state index contributed by atoms with van der Waals surface area (Å²) in [6.45, 7) is 5.08. The van der Waals surface area contributed by atoms with E-state index in [1.807, 2.05) is 43.3 Å². The summed E-state index contributed by atoms with van der Waals surface area (Å²) < 4.78 is 6.08. The second-order valence-electron chi connectivity index (χ2n) is 7.97. The topological polar surface area (TPSA) is 88.7 Å². The summed E-state index contributed by atoms with van der Waals surface area (Å²) in [5.41, 5.74) is 9.90. The van der Waals surface area contributed by atoms with Gasteiger partial charge in [0.15, 0.2) is 0 Å². The van der Waals surface area contributed by atoms with Crippen LogP contribution in [0.2, 0.25) is 0 Å². The van der Waals surface area contributed by atoms with Crippen molar-refractivity contribution in [1.82, 2.24) is 4.98 Å². The molecular formula is C24H27N3O3S. The average Bonchev–Trinajstić information content (AvgIpc) is 3.15. The molecule has 1 aliphatic heterocycles. The highest BCUT2D eigenvalue weighted by molar-refractivity contribution is 7.15. The van der Waals surface area contributed by atoms with E-state index in [4.69, 9.17) is 15.5 Å². The number of rotatable bonds is 7. The number of thiazole rings is 1. The van der Waals surface area contributed by atoms with Crippen molar-refractivity contribution in [2.75, 3.05) is 30.3 Å². The Bertz CT molecular complexity index is 1050. The number of carbonyl (C=O) groups is 1. The number of nitrogens with zero attached hydrogens (tertiary/aromatic N) is 2. The van der Waals surface area contributed by atoms with E-state index in [0.29, 0.717) is 24.7 Å². The smallest absolute Gasteiger partial charge is 0.335 e. The molecule has 1 unspecified atom stereocenters. The monoisotopic (exact) mass is 437 g/mol. The maximum atomic E-state index is 11.3. The Morgan fingerprint density at radius 3 is 2.87 bits per heavy atom. The van der Waals surface area contributed by atoms with Crippen LogP contribution >= 0.6 is 11.3 Å². The van der Waals surface area contributed by atoms with E-state index in [1.54, 1.807) is 23.5 Å². The molecule has 0 bridgehead atoms. The number of carboxylic acids is 1. The molecule has 1 atom stereocenters. The highest BCUT2D eigenvalue weighted by Crippen LogP contribution is 2.30. The number of hydrogen-bond donors (Lipinski definition) is 2. The molecule has 3 aromatic rings. The number of benzene rings is 2. The number of ether oxygens (including phenoxy) is 1. The third-order valence-electron chi connectivity index (χ3n) is 5.61. The quantitative estimate of drug-likeness (QED) is 0.515. The van der Waals surface area contributed by atoms with Crippen molar-refractivity contribution in [2.24, 2.45) is 5.92 Å². The largest absolute Gasteiger partial charge is 0.478 e. The van der Waals surface area contributed by atoms with Crippen molar-refractivity contribution < 1.29 is 14.6 Å². The van der Waals surface area contributed by atoms with Crippen molar-refractivity contribution in [3.05, 3.63) is 64.7 Å². The second kappa shape index (κ2) is 9.49. The number of hydrogen-bond acceptors (Lipinski definition) is 6. The summed E-state index contributed by atoms with van der Waals surface area (Å²) in [7, 11) is 0. The van der Waals surface area contributed by atoms with Gasteiger partial charge in [-0.2, -0.15) is 0 Å². The van der Waals surface area contributed by atoms with Crippen LogP contribution in [0.3, 0.4) is 0 Å². The molecule has 4 rings (SSSR count). The predicted octanol–water partition coefficient (Wildman–Crippen LogP) is 4.83. The van der Waals surface area contributed by atoms with Crippen LogP contribution in [0.1, 0.15) is 33.8 Å². The van der Waals surface area contributed by atoms with Crippen LogP contribution in [0.15, 0.2) is 48.5 Å². The summed E-state index contributed by atoms with van der Waals surface area (Å²) in [6.07, 6.45) is 2.19. The molecule has 2 aromatic carbocycles. The van der Waals surface area contributed by atoms with Crippen molar-refractivity contribution in [3.8, 4) is 10.6 Å². The Morgan fingerprint density at radius 2 is 2.10 bits per heavy atom. The van der Waals surface area contributed by atoms with Gasteiger partial charge in [-0.1, -0.05) is 6.07 Å². The molecule has 31 heavy (non-hydrogen) atoms. The second-order valence-corrected chi connectivity index (χ2v) is 9.06. The maximum Gasteiger partial charge on any atom is 0.335 e. The average molecular weight is 438 g/mol. The van der Waals surface area contributed by atoms with Crippen LogP contribution < -0.4 is 10.6 Å². The van der Waals surface area contributed by atoms with E-state index >= 15 is 0 Å². The third-order valence-corrected chi connectivity index (χ3v) is 6.79. The Balaban J connectivity index is 1.33. The highest BCUT2D eigenvalue weighted by Gasteiger charge is 2.21. The van der Waals surface area contributed by atoms with E-state index in [2.05, 4.69) is 4.90 Å². The fourth-order valence-electron chi connectivity index (χ4n) is 3.90. The standard InChI is InChI=1S/C24H27N3O3S/c1-16-22(31-23(26-16)18-7-9-20(25)10-8-18)15-30-14-17-4-3-11-27(13-17)21-6-2-5-19(12-21)24(28)29/h2,5-10,12,17H,3-4,11,13-15,25H2,1H3,(H,28,29). The molecular weight excluding hydrogens is 410 g/mol. The normalized spacial score (nSPS) is 16.4. The van der Waals surface area contributed by atoms with Crippen LogP contribution in [-0.2, 0) is 11.3 Å². The van der Waals surface area contributed by atoms with Crippen molar-refractivity contribution in [2.45, 2.75) is 26.4 Å². The number of nitrogen functional groups attached to an aromatic ring is 1. The SMILES string of the molecule is Cc1nc(-c2ccc(N)cc2)sc1COCC1CCCN(c2cccc(C(=O)O)c2)C1. The fraction of sp³-hybridized carbons (Fsp3) is 0.333. The summed E-state index contributed by atoms with van der Waals surface area (Å²) in [5, 5.41) is 10.2. The first-order chi connectivity index (χ1) is 15.0. The zero-order valence-corrected chi connectivity index (χ0v) is 18.4. The van der Waals surface area contributed by atoms with Crippen LogP contribution in [0.25, 0.3) is 10.6 Å². The first kappa shape index (κ1) is 21.3. The molecule has 1 aliphatic rings. The number of piperidine rings is 1. The molecule has 0 saturated carbocycles. The van der Waals surface area contributed by atoms with Gasteiger partial charge in [0, 0.05) is 30.0 Å². The van der Waals surface area contributed by atoms with Gasteiger partial charge in [-0.05, 0) is 68.1 Å². The van der Waals surface area contributed by atoms with Gasteiger partial charge in [0.05, 0.1) is 29.3 Å². The molecule has 7 heteroatoms. The van der Waals surface area contributed by atoms with Crippen molar-refractivity contribution >= 4 is 28.7 Å². The molecule has 2 heterocycles. The number of anilines is 2. The molecule has 0 aliphatic carbocycles. The zero-order chi connectivity index (χ0) is 21.8. The van der Waals surface area contributed by atoms with E-state index in [1.165, 1.54) is 0 Å². The highest BCUT2D eigenvalue weighted by atomic mass is 32.1. The molecule has 0 amide bonds. The van der Waals surface area contributed by atoms with Gasteiger partial charge in [0.2, 0.25) is 0 Å². The number of aromatic carboxylic acids is 1. The lowest BCUT2D eigenvalue weighted by Crippen LogP contribution is -2.37. The van der Waals surface area contributed by atoms with E-state index in [9.17, 15) is 9.90 Å². The van der Waals surface area contributed by atoms with E-state index in [-0.39, 0.29) is 0 Å². The molecule has 162 valence electrons. The Hall–Kier alpha value is -2.90. The van der Waals surface area contributed by atoms with Crippen molar-refractivity contribution in [3.63, 3.8) is 0 Å². The number of aryl methyl sites for hydroxylation is 1.